The lowest BCUT2D eigenvalue weighted by molar-refractivity contribution is 0.203. The minimum atomic E-state index is 0.455. The fourth-order valence-electron chi connectivity index (χ4n) is 2.45. The molecule has 1 atom stereocenters. The molecule has 1 N–H and O–H groups in total. The second kappa shape index (κ2) is 6.82. The van der Waals surface area contributed by atoms with E-state index in [0.29, 0.717) is 6.04 Å². The van der Waals surface area contributed by atoms with Gasteiger partial charge in [0.15, 0.2) is 0 Å². The van der Waals surface area contributed by atoms with Crippen molar-refractivity contribution in [2.75, 3.05) is 31.7 Å². The first-order chi connectivity index (χ1) is 9.27. The quantitative estimate of drug-likeness (QED) is 0.841. The Labute approximate surface area is 115 Å². The maximum Gasteiger partial charge on any atom is 0.137 e. The van der Waals surface area contributed by atoms with Crippen LogP contribution in [0, 0.1) is 0 Å². The molecule has 1 aromatic heterocycles. The molecule has 0 fully saturated rings. The molecule has 5 nitrogen and oxygen atoms in total. The maximum absolute atomic E-state index is 5.23. The van der Waals surface area contributed by atoms with Gasteiger partial charge in [-0.3, -0.25) is 0 Å². The molecule has 1 aliphatic rings. The molecule has 2 heterocycles. The molecule has 0 aliphatic carbocycles. The normalized spacial score (nSPS) is 15.9. The van der Waals surface area contributed by atoms with Crippen LogP contribution >= 0.6 is 0 Å². The lowest BCUT2D eigenvalue weighted by atomic mass is 10.1. The molecule has 2 rings (SSSR count). The van der Waals surface area contributed by atoms with Gasteiger partial charge in [-0.2, -0.15) is 0 Å². The number of aromatic nitrogens is 2. The van der Waals surface area contributed by atoms with Crippen LogP contribution in [0.1, 0.15) is 31.5 Å². The lowest BCUT2D eigenvalue weighted by Crippen LogP contribution is -2.38. The molecule has 106 valence electrons. The highest BCUT2D eigenvalue weighted by molar-refractivity contribution is 5.50. The molecular formula is C14H24N4O. The highest BCUT2D eigenvalue weighted by atomic mass is 16.5. The van der Waals surface area contributed by atoms with E-state index in [2.05, 4.69) is 34.0 Å². The number of rotatable bonds is 6. The third kappa shape index (κ3) is 3.22. The molecule has 1 unspecified atom stereocenters. The third-order valence-corrected chi connectivity index (χ3v) is 3.78. The minimum absolute atomic E-state index is 0.455. The van der Waals surface area contributed by atoms with Crippen LogP contribution in [-0.4, -0.2) is 42.8 Å². The molecule has 0 saturated heterocycles. The van der Waals surface area contributed by atoms with E-state index >= 15 is 0 Å². The average molecular weight is 264 g/mol. The van der Waals surface area contributed by atoms with Crippen molar-refractivity contribution in [3.8, 4) is 0 Å². The molecule has 0 aromatic carbocycles. The first-order valence-corrected chi connectivity index (χ1v) is 7.07. The van der Waals surface area contributed by atoms with Gasteiger partial charge in [0.25, 0.3) is 0 Å². The van der Waals surface area contributed by atoms with Crippen LogP contribution in [0.2, 0.25) is 0 Å². The van der Waals surface area contributed by atoms with Gasteiger partial charge in [-0.1, -0.05) is 6.92 Å². The van der Waals surface area contributed by atoms with Gasteiger partial charge in [0.2, 0.25) is 0 Å². The van der Waals surface area contributed by atoms with Crippen LogP contribution in [0.4, 0.5) is 5.82 Å². The fraction of sp³-hybridized carbons (Fsp3) is 0.714. The van der Waals surface area contributed by atoms with Crippen LogP contribution in [-0.2, 0) is 17.7 Å². The monoisotopic (exact) mass is 264 g/mol. The SMILES string of the molecule is CCC(C)N(CCOC)c1ncnc2c1CNCC2. The van der Waals surface area contributed by atoms with E-state index in [1.165, 1.54) is 11.3 Å². The smallest absolute Gasteiger partial charge is 0.137 e. The highest BCUT2D eigenvalue weighted by Gasteiger charge is 2.22. The number of nitrogens with zero attached hydrogens (tertiary/aromatic N) is 3. The summed E-state index contributed by atoms with van der Waals surface area (Å²) in [7, 11) is 1.74. The zero-order valence-corrected chi connectivity index (χ0v) is 12.1. The Morgan fingerprint density at radius 1 is 1.47 bits per heavy atom. The predicted molar refractivity (Wildman–Crippen MR) is 76.4 cm³/mol. The van der Waals surface area contributed by atoms with Crippen LogP contribution in [0.3, 0.4) is 0 Å². The third-order valence-electron chi connectivity index (χ3n) is 3.78. The summed E-state index contributed by atoms with van der Waals surface area (Å²) in [5.41, 5.74) is 2.44. The van der Waals surface area contributed by atoms with E-state index in [-0.39, 0.29) is 0 Å². The molecule has 1 aromatic rings. The Balaban J connectivity index is 2.29. The maximum atomic E-state index is 5.23. The fourth-order valence-corrected chi connectivity index (χ4v) is 2.45. The van der Waals surface area contributed by atoms with Crippen molar-refractivity contribution in [2.45, 2.75) is 39.3 Å². The number of anilines is 1. The Kier molecular flexibility index (Phi) is 5.10. The second-order valence-electron chi connectivity index (χ2n) is 4.99. The predicted octanol–water partition coefficient (Wildman–Crippen LogP) is 1.37. The van der Waals surface area contributed by atoms with E-state index in [0.717, 1.165) is 44.9 Å². The van der Waals surface area contributed by atoms with Crippen molar-refractivity contribution < 1.29 is 4.74 Å². The summed E-state index contributed by atoms with van der Waals surface area (Å²) >= 11 is 0. The number of hydrogen-bond donors (Lipinski definition) is 1. The number of fused-ring (bicyclic) bond motifs is 1. The van der Waals surface area contributed by atoms with Crippen LogP contribution in [0.25, 0.3) is 0 Å². The topological polar surface area (TPSA) is 50.3 Å². The second-order valence-corrected chi connectivity index (χ2v) is 4.99. The van der Waals surface area contributed by atoms with Gasteiger partial charge in [0.1, 0.15) is 12.1 Å². The van der Waals surface area contributed by atoms with Gasteiger partial charge >= 0.3 is 0 Å². The molecule has 5 heteroatoms. The average Bonchev–Trinajstić information content (AvgIpc) is 2.47. The molecule has 0 radical (unpaired) electrons. The van der Waals surface area contributed by atoms with Gasteiger partial charge < -0.3 is 15.0 Å². The van der Waals surface area contributed by atoms with Gasteiger partial charge in [-0.25, -0.2) is 9.97 Å². The summed E-state index contributed by atoms with van der Waals surface area (Å²) in [6.45, 7) is 7.90. The Hall–Kier alpha value is -1.20. The summed E-state index contributed by atoms with van der Waals surface area (Å²) in [5, 5.41) is 3.41. The first kappa shape index (κ1) is 14.2. The first-order valence-electron chi connectivity index (χ1n) is 7.07. The highest BCUT2D eigenvalue weighted by Crippen LogP contribution is 2.24. The number of ether oxygens (including phenoxy) is 1. The Morgan fingerprint density at radius 3 is 3.05 bits per heavy atom. The van der Waals surface area contributed by atoms with Gasteiger partial charge in [0.05, 0.1) is 12.3 Å². The van der Waals surface area contributed by atoms with Crippen molar-refractivity contribution in [1.82, 2.24) is 15.3 Å². The lowest BCUT2D eigenvalue weighted by Gasteiger charge is -2.32. The number of methoxy groups -OCH3 is 1. The van der Waals surface area contributed by atoms with Crippen LogP contribution in [0.5, 0.6) is 0 Å². The Morgan fingerprint density at radius 2 is 2.32 bits per heavy atom. The Bertz CT molecular complexity index is 410. The summed E-state index contributed by atoms with van der Waals surface area (Å²) in [4.78, 5) is 11.3. The van der Waals surface area contributed by atoms with E-state index in [9.17, 15) is 0 Å². The minimum Gasteiger partial charge on any atom is -0.383 e. The van der Waals surface area contributed by atoms with Crippen molar-refractivity contribution in [2.24, 2.45) is 0 Å². The van der Waals surface area contributed by atoms with E-state index in [4.69, 9.17) is 4.74 Å². The summed E-state index contributed by atoms with van der Waals surface area (Å²) in [6, 6.07) is 0.455. The van der Waals surface area contributed by atoms with Gasteiger partial charge in [-0.15, -0.1) is 0 Å². The van der Waals surface area contributed by atoms with E-state index in [1.54, 1.807) is 13.4 Å². The molecule has 0 bridgehead atoms. The van der Waals surface area contributed by atoms with Gasteiger partial charge in [0, 0.05) is 44.8 Å². The molecule has 0 saturated carbocycles. The van der Waals surface area contributed by atoms with Crippen LogP contribution < -0.4 is 10.2 Å². The standard InChI is InChI=1S/C14H24N4O/c1-4-11(2)18(7-8-19-3)14-12-9-15-6-5-13(12)16-10-17-14/h10-11,15H,4-9H2,1-3H3. The van der Waals surface area contributed by atoms with E-state index < -0.39 is 0 Å². The van der Waals surface area contributed by atoms with Crippen molar-refractivity contribution in [3.05, 3.63) is 17.6 Å². The number of hydrogen-bond acceptors (Lipinski definition) is 5. The van der Waals surface area contributed by atoms with Crippen molar-refractivity contribution in [1.29, 1.82) is 0 Å². The van der Waals surface area contributed by atoms with Crippen molar-refractivity contribution >= 4 is 5.82 Å². The summed E-state index contributed by atoms with van der Waals surface area (Å²) < 4.78 is 5.23. The molecule has 0 spiro atoms. The number of nitrogens with one attached hydrogen (secondary N) is 1. The molecular weight excluding hydrogens is 240 g/mol. The summed E-state index contributed by atoms with van der Waals surface area (Å²) in [5.74, 6) is 1.07. The van der Waals surface area contributed by atoms with Crippen molar-refractivity contribution in [3.63, 3.8) is 0 Å². The molecule has 0 amide bonds. The van der Waals surface area contributed by atoms with E-state index in [1.807, 2.05) is 0 Å². The zero-order valence-electron chi connectivity index (χ0n) is 12.1. The van der Waals surface area contributed by atoms with Gasteiger partial charge in [-0.05, 0) is 13.3 Å². The molecule has 19 heavy (non-hydrogen) atoms. The zero-order chi connectivity index (χ0) is 13.7. The largest absolute Gasteiger partial charge is 0.383 e. The summed E-state index contributed by atoms with van der Waals surface area (Å²) in [6.07, 6.45) is 3.78. The molecule has 1 aliphatic heterocycles. The van der Waals surface area contributed by atoms with Crippen LogP contribution in [0.15, 0.2) is 6.33 Å².